The van der Waals surface area contributed by atoms with Crippen LogP contribution in [0.15, 0.2) is 24.3 Å². The van der Waals surface area contributed by atoms with E-state index in [4.69, 9.17) is 10.00 Å². The van der Waals surface area contributed by atoms with E-state index in [1.165, 1.54) is 5.56 Å². The maximum absolute atomic E-state index is 12.8. The van der Waals surface area contributed by atoms with E-state index in [0.29, 0.717) is 13.1 Å². The monoisotopic (exact) mass is 348 g/mol. The summed E-state index contributed by atoms with van der Waals surface area (Å²) < 4.78 is 33.3. The second-order valence-corrected chi connectivity index (χ2v) is 9.70. The van der Waals surface area contributed by atoms with Crippen molar-refractivity contribution >= 4 is 10.0 Å². The van der Waals surface area contributed by atoms with E-state index in [0.717, 1.165) is 25.0 Å². The third-order valence-electron chi connectivity index (χ3n) is 4.95. The van der Waals surface area contributed by atoms with E-state index in [1.807, 2.05) is 32.0 Å². The lowest BCUT2D eigenvalue weighted by Gasteiger charge is -2.35. The number of benzene rings is 1. The van der Waals surface area contributed by atoms with Crippen LogP contribution in [-0.4, -0.2) is 37.2 Å². The molecule has 0 amide bonds. The topological polar surface area (TPSA) is 70.4 Å². The molecule has 0 aromatic heterocycles. The molecule has 0 saturated carbocycles. The van der Waals surface area contributed by atoms with E-state index in [1.54, 1.807) is 4.31 Å². The van der Waals surface area contributed by atoms with Gasteiger partial charge in [0.25, 0.3) is 0 Å². The summed E-state index contributed by atoms with van der Waals surface area (Å²) in [6, 6.07) is 10.1. The van der Waals surface area contributed by atoms with E-state index in [-0.39, 0.29) is 12.2 Å². The van der Waals surface area contributed by atoms with Crippen LogP contribution in [0.4, 0.5) is 0 Å². The summed E-state index contributed by atoms with van der Waals surface area (Å²) in [6.45, 7) is 4.55. The first kappa shape index (κ1) is 17.2. The van der Waals surface area contributed by atoms with Gasteiger partial charge in [0.15, 0.2) is 0 Å². The van der Waals surface area contributed by atoms with Crippen LogP contribution >= 0.6 is 0 Å². The highest BCUT2D eigenvalue weighted by Crippen LogP contribution is 2.39. The third-order valence-corrected chi connectivity index (χ3v) is 7.20. The fraction of sp³-hybridized carbons (Fsp3) is 0.611. The first-order valence-corrected chi connectivity index (χ1v) is 9.98. The van der Waals surface area contributed by atoms with Crippen molar-refractivity contribution in [1.82, 2.24) is 4.31 Å². The predicted molar refractivity (Wildman–Crippen MR) is 92.1 cm³/mol. The van der Waals surface area contributed by atoms with Gasteiger partial charge < -0.3 is 4.74 Å². The summed E-state index contributed by atoms with van der Waals surface area (Å²) in [5, 5.41) is 8.88. The van der Waals surface area contributed by atoms with Crippen molar-refractivity contribution in [2.24, 2.45) is 5.41 Å². The molecular formula is C18H24N2O3S. The molecular weight excluding hydrogens is 324 g/mol. The van der Waals surface area contributed by atoms with Gasteiger partial charge >= 0.3 is 0 Å². The number of nitriles is 1. The Kier molecular flexibility index (Phi) is 4.35. The normalized spacial score (nSPS) is 24.4. The Bertz CT molecular complexity index is 767. The highest BCUT2D eigenvalue weighted by molar-refractivity contribution is 7.89. The Labute approximate surface area is 144 Å². The molecule has 2 aliphatic heterocycles. The van der Waals surface area contributed by atoms with Gasteiger partial charge in [0.05, 0.1) is 18.4 Å². The SMILES string of the molecule is CC(C)(CC#N)CS(=O)(=O)N1CC[C@]2(CCc3ccccc3O2)C1. The minimum atomic E-state index is -3.39. The molecule has 1 fully saturated rings. The molecule has 6 heteroatoms. The maximum Gasteiger partial charge on any atom is 0.214 e. The summed E-state index contributed by atoms with van der Waals surface area (Å²) in [5.74, 6) is 0.882. The molecule has 1 atom stereocenters. The smallest absolute Gasteiger partial charge is 0.214 e. The van der Waals surface area contributed by atoms with Crippen molar-refractivity contribution in [3.8, 4) is 11.8 Å². The highest BCUT2D eigenvalue weighted by Gasteiger charge is 2.46. The molecule has 1 saturated heterocycles. The lowest BCUT2D eigenvalue weighted by Crippen LogP contribution is -2.44. The van der Waals surface area contributed by atoms with Gasteiger partial charge in [-0.25, -0.2) is 8.42 Å². The second-order valence-electron chi connectivity index (χ2n) is 7.73. The second kappa shape index (κ2) is 6.05. The van der Waals surface area contributed by atoms with Crippen LogP contribution in [0.25, 0.3) is 0 Å². The zero-order valence-electron chi connectivity index (χ0n) is 14.3. The molecule has 0 aliphatic carbocycles. The zero-order valence-corrected chi connectivity index (χ0v) is 15.1. The van der Waals surface area contributed by atoms with Crippen molar-refractivity contribution in [3.05, 3.63) is 29.8 Å². The quantitative estimate of drug-likeness (QED) is 0.839. The predicted octanol–water partition coefficient (Wildman–Crippen LogP) is 2.73. The van der Waals surface area contributed by atoms with Crippen molar-refractivity contribution in [1.29, 1.82) is 5.26 Å². The number of sulfonamides is 1. The van der Waals surface area contributed by atoms with E-state index in [2.05, 4.69) is 12.1 Å². The number of fused-ring (bicyclic) bond motifs is 1. The lowest BCUT2D eigenvalue weighted by molar-refractivity contribution is 0.0611. The van der Waals surface area contributed by atoms with Crippen LogP contribution in [0.3, 0.4) is 0 Å². The standard InChI is InChI=1S/C18H24N2O3S/c1-17(2,9-11-19)14-24(21,22)20-12-10-18(13-20)8-7-15-5-3-4-6-16(15)23-18/h3-6H,7-10,12-14H2,1-2H3/t18-/m1/s1. The van der Waals surface area contributed by atoms with Crippen molar-refractivity contribution in [2.75, 3.05) is 18.8 Å². The van der Waals surface area contributed by atoms with E-state index < -0.39 is 21.0 Å². The van der Waals surface area contributed by atoms with Crippen LogP contribution in [0.5, 0.6) is 5.75 Å². The molecule has 1 spiro atoms. The molecule has 24 heavy (non-hydrogen) atoms. The Morgan fingerprint density at radius 2 is 2.08 bits per heavy atom. The van der Waals surface area contributed by atoms with Gasteiger partial charge in [-0.3, -0.25) is 0 Å². The summed E-state index contributed by atoms with van der Waals surface area (Å²) in [5.41, 5.74) is 0.254. The molecule has 0 unspecified atom stereocenters. The molecule has 2 heterocycles. The largest absolute Gasteiger partial charge is 0.486 e. The molecule has 0 radical (unpaired) electrons. The number of para-hydroxylation sites is 1. The maximum atomic E-state index is 12.8. The molecule has 1 aromatic carbocycles. The average molecular weight is 348 g/mol. The van der Waals surface area contributed by atoms with Gasteiger partial charge in [-0.1, -0.05) is 32.0 Å². The van der Waals surface area contributed by atoms with Crippen LogP contribution in [0, 0.1) is 16.7 Å². The minimum Gasteiger partial charge on any atom is -0.486 e. The van der Waals surface area contributed by atoms with Crippen LogP contribution in [-0.2, 0) is 16.4 Å². The average Bonchev–Trinajstić information content (AvgIpc) is 2.90. The van der Waals surface area contributed by atoms with Gasteiger partial charge in [0.2, 0.25) is 10.0 Å². The Morgan fingerprint density at radius 3 is 2.83 bits per heavy atom. The van der Waals surface area contributed by atoms with E-state index in [9.17, 15) is 8.42 Å². The molecule has 130 valence electrons. The molecule has 1 aromatic rings. The Morgan fingerprint density at radius 1 is 1.33 bits per heavy atom. The fourth-order valence-corrected chi connectivity index (χ4v) is 5.71. The van der Waals surface area contributed by atoms with Crippen molar-refractivity contribution in [3.63, 3.8) is 0 Å². The number of hydrogen-bond acceptors (Lipinski definition) is 4. The molecule has 5 nitrogen and oxygen atoms in total. The first-order valence-electron chi connectivity index (χ1n) is 8.37. The molecule has 2 aliphatic rings. The van der Waals surface area contributed by atoms with Crippen LogP contribution in [0.2, 0.25) is 0 Å². The minimum absolute atomic E-state index is 0.000225. The lowest BCUT2D eigenvalue weighted by atomic mass is 9.90. The van der Waals surface area contributed by atoms with Crippen LogP contribution < -0.4 is 4.74 Å². The van der Waals surface area contributed by atoms with Gasteiger partial charge in [-0.05, 0) is 29.9 Å². The number of rotatable bonds is 4. The van der Waals surface area contributed by atoms with Crippen molar-refractivity contribution < 1.29 is 13.2 Å². The Balaban J connectivity index is 1.73. The van der Waals surface area contributed by atoms with Gasteiger partial charge in [-0.2, -0.15) is 9.57 Å². The molecule has 0 bridgehead atoms. The molecule has 0 N–H and O–H groups in total. The van der Waals surface area contributed by atoms with Gasteiger partial charge in [-0.15, -0.1) is 0 Å². The number of nitrogens with zero attached hydrogens (tertiary/aromatic N) is 2. The summed E-state index contributed by atoms with van der Waals surface area (Å²) >= 11 is 0. The van der Waals surface area contributed by atoms with Crippen LogP contribution in [0.1, 0.15) is 38.7 Å². The van der Waals surface area contributed by atoms with Gasteiger partial charge in [0, 0.05) is 19.4 Å². The van der Waals surface area contributed by atoms with E-state index >= 15 is 0 Å². The fourth-order valence-electron chi connectivity index (χ4n) is 3.64. The number of hydrogen-bond donors (Lipinski definition) is 0. The van der Waals surface area contributed by atoms with Gasteiger partial charge in [0.1, 0.15) is 11.4 Å². The zero-order chi connectivity index (χ0) is 17.4. The highest BCUT2D eigenvalue weighted by atomic mass is 32.2. The van der Waals surface area contributed by atoms with Crippen molar-refractivity contribution in [2.45, 2.75) is 45.1 Å². The summed E-state index contributed by atoms with van der Waals surface area (Å²) in [6.07, 6.45) is 2.72. The Hall–Kier alpha value is -1.58. The summed E-state index contributed by atoms with van der Waals surface area (Å²) in [4.78, 5) is 0. The first-order chi connectivity index (χ1) is 11.3. The number of aryl methyl sites for hydroxylation is 1. The molecule has 3 rings (SSSR count). The summed E-state index contributed by atoms with van der Waals surface area (Å²) in [7, 11) is -3.39. The number of ether oxygens (including phenoxy) is 1. The third kappa shape index (κ3) is 3.42.